The van der Waals surface area contributed by atoms with Crippen LogP contribution in [0.1, 0.15) is 11.1 Å². The van der Waals surface area contributed by atoms with E-state index in [0.717, 1.165) is 4.90 Å². The fraction of sp³-hybridized carbons (Fsp3) is 0.0800. The molecule has 0 saturated carbocycles. The van der Waals surface area contributed by atoms with Gasteiger partial charge in [-0.05, 0) is 48.2 Å². The van der Waals surface area contributed by atoms with Crippen LogP contribution in [0.4, 0.5) is 16.2 Å². The van der Waals surface area contributed by atoms with Crippen LogP contribution in [0.5, 0.6) is 5.75 Å². The lowest BCUT2D eigenvalue weighted by Crippen LogP contribution is -2.27. The van der Waals surface area contributed by atoms with Crippen molar-refractivity contribution in [3.63, 3.8) is 0 Å². The summed E-state index contributed by atoms with van der Waals surface area (Å²) < 4.78 is 5.65. The van der Waals surface area contributed by atoms with Crippen LogP contribution < -0.4 is 10.1 Å². The zero-order valence-electron chi connectivity index (χ0n) is 18.9. The molecule has 37 heavy (non-hydrogen) atoms. The molecule has 0 atom stereocenters. The summed E-state index contributed by atoms with van der Waals surface area (Å²) in [4.78, 5) is 49.7. The number of para-hydroxylation sites is 2. The number of imide groups is 1. The highest BCUT2D eigenvalue weighted by atomic mass is 35.5. The first kappa shape index (κ1) is 26.2. The molecular formula is C25H17Cl2N3O6S. The van der Waals surface area contributed by atoms with Crippen molar-refractivity contribution in [2.75, 3.05) is 11.9 Å². The average Bonchev–Trinajstić information content (AvgIpc) is 3.12. The number of rotatable bonds is 8. The van der Waals surface area contributed by atoms with Gasteiger partial charge in [0.05, 0.1) is 27.1 Å². The molecule has 1 aliphatic rings. The number of amides is 3. The van der Waals surface area contributed by atoms with Crippen molar-refractivity contribution in [3.8, 4) is 5.75 Å². The van der Waals surface area contributed by atoms with E-state index in [1.807, 2.05) is 0 Å². The minimum atomic E-state index is -0.615. The Morgan fingerprint density at radius 1 is 1.08 bits per heavy atom. The smallest absolute Gasteiger partial charge is 0.293 e. The molecule has 3 aromatic rings. The van der Waals surface area contributed by atoms with Crippen LogP contribution in [0.25, 0.3) is 6.08 Å². The monoisotopic (exact) mass is 557 g/mol. The normalized spacial score (nSPS) is 14.2. The van der Waals surface area contributed by atoms with E-state index >= 15 is 0 Å². The molecular weight excluding hydrogens is 541 g/mol. The van der Waals surface area contributed by atoms with E-state index in [1.165, 1.54) is 36.4 Å². The number of anilines is 1. The lowest BCUT2D eigenvalue weighted by atomic mass is 10.1. The molecule has 0 aromatic heterocycles. The van der Waals surface area contributed by atoms with E-state index in [-0.39, 0.29) is 35.1 Å². The van der Waals surface area contributed by atoms with E-state index < -0.39 is 22.0 Å². The largest absolute Gasteiger partial charge is 0.483 e. The second kappa shape index (κ2) is 11.5. The van der Waals surface area contributed by atoms with Crippen molar-refractivity contribution in [2.45, 2.75) is 6.54 Å². The highest BCUT2D eigenvalue weighted by molar-refractivity contribution is 8.18. The third-order valence-electron chi connectivity index (χ3n) is 5.16. The molecule has 9 nitrogen and oxygen atoms in total. The zero-order valence-corrected chi connectivity index (χ0v) is 21.2. The molecule has 4 rings (SSSR count). The van der Waals surface area contributed by atoms with Crippen molar-refractivity contribution in [1.82, 2.24) is 4.90 Å². The number of ether oxygens (including phenoxy) is 1. The number of carbonyl (C=O) groups excluding carboxylic acids is 3. The summed E-state index contributed by atoms with van der Waals surface area (Å²) in [5.41, 5.74) is 0.842. The van der Waals surface area contributed by atoms with Gasteiger partial charge in [0.15, 0.2) is 6.61 Å². The minimum Gasteiger partial charge on any atom is -0.483 e. The number of hydrogen-bond acceptors (Lipinski definition) is 7. The molecule has 3 aromatic carbocycles. The number of benzene rings is 3. The van der Waals surface area contributed by atoms with Gasteiger partial charge in [0, 0.05) is 22.2 Å². The van der Waals surface area contributed by atoms with Crippen molar-refractivity contribution in [1.29, 1.82) is 0 Å². The van der Waals surface area contributed by atoms with Gasteiger partial charge in [-0.3, -0.25) is 29.4 Å². The summed E-state index contributed by atoms with van der Waals surface area (Å²) >= 11 is 12.9. The molecule has 0 spiro atoms. The quantitative estimate of drug-likeness (QED) is 0.200. The number of nitro benzene ring substituents is 1. The van der Waals surface area contributed by atoms with E-state index in [9.17, 15) is 24.5 Å². The van der Waals surface area contributed by atoms with Gasteiger partial charge >= 0.3 is 0 Å². The molecule has 0 bridgehead atoms. The van der Waals surface area contributed by atoms with Crippen molar-refractivity contribution < 1.29 is 24.0 Å². The molecule has 188 valence electrons. The number of nitrogens with zero attached hydrogens (tertiary/aromatic N) is 2. The lowest BCUT2D eigenvalue weighted by molar-refractivity contribution is -0.385. The predicted octanol–water partition coefficient (Wildman–Crippen LogP) is 6.16. The maximum atomic E-state index is 13.0. The Morgan fingerprint density at radius 2 is 1.81 bits per heavy atom. The molecule has 12 heteroatoms. The van der Waals surface area contributed by atoms with E-state index in [0.29, 0.717) is 33.1 Å². The Morgan fingerprint density at radius 3 is 2.57 bits per heavy atom. The predicted molar refractivity (Wildman–Crippen MR) is 142 cm³/mol. The number of nitrogens with one attached hydrogen (secondary N) is 1. The second-order valence-electron chi connectivity index (χ2n) is 7.65. The number of halogens is 2. The fourth-order valence-electron chi connectivity index (χ4n) is 3.43. The maximum absolute atomic E-state index is 13.0. The van der Waals surface area contributed by atoms with Crippen LogP contribution in [-0.4, -0.2) is 33.5 Å². The summed E-state index contributed by atoms with van der Waals surface area (Å²) in [7, 11) is 0. The number of nitro groups is 1. The Kier molecular flexibility index (Phi) is 8.12. The highest BCUT2D eigenvalue weighted by Gasteiger charge is 2.36. The number of thioether (sulfide) groups is 1. The van der Waals surface area contributed by atoms with E-state index in [2.05, 4.69) is 5.32 Å². The third-order valence-corrected chi connectivity index (χ3v) is 6.63. The molecule has 1 fully saturated rings. The van der Waals surface area contributed by atoms with E-state index in [1.54, 1.807) is 36.4 Å². The van der Waals surface area contributed by atoms with Crippen LogP contribution in [0.2, 0.25) is 10.0 Å². The SMILES string of the molecule is O=C(COc1ccc(Cl)cc1/C=C1\SC(=O)N(Cc2ccccc2[N+](=O)[O-])C1=O)Nc1ccccc1Cl. The molecule has 0 unspecified atom stereocenters. The Balaban J connectivity index is 1.51. The number of carbonyl (C=O) groups is 3. The molecule has 1 N–H and O–H groups in total. The zero-order chi connectivity index (χ0) is 26.5. The van der Waals surface area contributed by atoms with Gasteiger partial charge in [0.25, 0.3) is 22.7 Å². The Hall–Kier alpha value is -3.86. The molecule has 0 radical (unpaired) electrons. The maximum Gasteiger partial charge on any atom is 0.293 e. The summed E-state index contributed by atoms with van der Waals surface area (Å²) in [5, 5.41) is 14.1. The van der Waals surface area contributed by atoms with Gasteiger partial charge in [0.2, 0.25) is 0 Å². The van der Waals surface area contributed by atoms with Gasteiger partial charge in [-0.25, -0.2) is 0 Å². The molecule has 1 saturated heterocycles. The second-order valence-corrected chi connectivity index (χ2v) is 9.49. The fourth-order valence-corrected chi connectivity index (χ4v) is 4.62. The summed E-state index contributed by atoms with van der Waals surface area (Å²) in [6.45, 7) is -0.604. The Bertz CT molecular complexity index is 1450. The third kappa shape index (κ3) is 6.29. The van der Waals surface area contributed by atoms with Crippen LogP contribution >= 0.6 is 35.0 Å². The molecule has 1 heterocycles. The van der Waals surface area contributed by atoms with Crippen molar-refractivity contribution >= 4 is 69.5 Å². The summed E-state index contributed by atoms with van der Waals surface area (Å²) in [5.74, 6) is -0.821. The van der Waals surface area contributed by atoms with Crippen LogP contribution in [-0.2, 0) is 16.1 Å². The Labute approximate surface area is 225 Å². The van der Waals surface area contributed by atoms with Gasteiger partial charge < -0.3 is 10.1 Å². The molecule has 3 amide bonds. The standard InChI is InChI=1S/C25H17Cl2N3O6S/c26-17-9-10-21(36-14-23(31)28-19-7-3-2-6-18(19)27)16(11-17)12-22-24(32)29(25(33)37-22)13-15-5-1-4-8-20(15)30(34)35/h1-12H,13-14H2,(H,28,31)/b22-12-. The minimum absolute atomic E-state index is 0.0798. The van der Waals surface area contributed by atoms with Gasteiger partial charge in [-0.1, -0.05) is 53.5 Å². The highest BCUT2D eigenvalue weighted by Crippen LogP contribution is 2.36. The average molecular weight is 558 g/mol. The molecule has 0 aliphatic carbocycles. The first-order valence-electron chi connectivity index (χ1n) is 10.7. The first-order valence-corrected chi connectivity index (χ1v) is 12.2. The topological polar surface area (TPSA) is 119 Å². The van der Waals surface area contributed by atoms with Crippen LogP contribution in [0.15, 0.2) is 71.6 Å². The van der Waals surface area contributed by atoms with Crippen molar-refractivity contribution in [2.24, 2.45) is 0 Å². The summed E-state index contributed by atoms with van der Waals surface area (Å²) in [6.07, 6.45) is 1.43. The van der Waals surface area contributed by atoms with Crippen LogP contribution in [0.3, 0.4) is 0 Å². The first-order chi connectivity index (χ1) is 17.7. The van der Waals surface area contributed by atoms with Gasteiger partial charge in [-0.15, -0.1) is 0 Å². The van der Waals surface area contributed by atoms with Crippen LogP contribution in [0, 0.1) is 10.1 Å². The van der Waals surface area contributed by atoms with Crippen molar-refractivity contribution in [3.05, 3.63) is 103 Å². The summed E-state index contributed by atoms with van der Waals surface area (Å²) in [6, 6.07) is 17.3. The number of hydrogen-bond donors (Lipinski definition) is 1. The molecule has 1 aliphatic heterocycles. The van der Waals surface area contributed by atoms with E-state index in [4.69, 9.17) is 27.9 Å². The lowest BCUT2D eigenvalue weighted by Gasteiger charge is -2.13. The van der Waals surface area contributed by atoms with Gasteiger partial charge in [0.1, 0.15) is 5.75 Å². The van der Waals surface area contributed by atoms with Gasteiger partial charge in [-0.2, -0.15) is 0 Å².